The summed E-state index contributed by atoms with van der Waals surface area (Å²) in [5, 5.41) is 6.67. The molecule has 0 spiro atoms. The lowest BCUT2D eigenvalue weighted by molar-refractivity contribution is 0.0963. The van der Waals surface area contributed by atoms with Gasteiger partial charge in [-0.3, -0.25) is 4.79 Å². The molecule has 0 saturated heterocycles. The molecule has 1 atom stereocenters. The summed E-state index contributed by atoms with van der Waals surface area (Å²) in [5.41, 5.74) is 5.50. The molecule has 1 unspecified atom stereocenters. The third-order valence-corrected chi connectivity index (χ3v) is 6.08. The summed E-state index contributed by atoms with van der Waals surface area (Å²) >= 11 is 1.72. The molecule has 0 radical (unpaired) electrons. The summed E-state index contributed by atoms with van der Waals surface area (Å²) in [6, 6.07) is 14.4. The van der Waals surface area contributed by atoms with Gasteiger partial charge in [-0.25, -0.2) is 9.50 Å². The van der Waals surface area contributed by atoms with Gasteiger partial charge in [-0.1, -0.05) is 36.4 Å². The maximum Gasteiger partial charge on any atom is 0.166 e. The first-order chi connectivity index (χ1) is 12.7. The summed E-state index contributed by atoms with van der Waals surface area (Å²) in [7, 11) is 0. The molecule has 128 valence electrons. The highest BCUT2D eigenvalue weighted by Crippen LogP contribution is 2.35. The van der Waals surface area contributed by atoms with Crippen molar-refractivity contribution >= 4 is 22.8 Å². The summed E-state index contributed by atoms with van der Waals surface area (Å²) in [6.07, 6.45) is 3.22. The van der Waals surface area contributed by atoms with Crippen molar-refractivity contribution in [3.05, 3.63) is 75.9 Å². The molecule has 3 heterocycles. The molecule has 1 aromatic carbocycles. The molecule has 0 N–H and O–H groups in total. The van der Waals surface area contributed by atoms with E-state index in [-0.39, 0.29) is 11.7 Å². The molecule has 0 fully saturated rings. The molecule has 1 aliphatic carbocycles. The Labute approximate surface area is 155 Å². The molecular weight excluding hydrogens is 342 g/mol. The number of aromatic nitrogens is 3. The van der Waals surface area contributed by atoms with Gasteiger partial charge in [0, 0.05) is 29.0 Å². The molecule has 4 aromatic rings. The van der Waals surface area contributed by atoms with Crippen LogP contribution in [0.25, 0.3) is 16.8 Å². The van der Waals surface area contributed by atoms with Crippen LogP contribution in [0.4, 0.5) is 0 Å². The minimum absolute atomic E-state index is 0.161. The maximum atomic E-state index is 12.7. The van der Waals surface area contributed by atoms with E-state index in [4.69, 9.17) is 4.98 Å². The smallest absolute Gasteiger partial charge is 0.166 e. The van der Waals surface area contributed by atoms with E-state index in [0.717, 1.165) is 34.6 Å². The molecule has 0 saturated carbocycles. The Balaban J connectivity index is 1.67. The summed E-state index contributed by atoms with van der Waals surface area (Å²) in [5.74, 6) is 0.391. The number of hydrogen-bond donors (Lipinski definition) is 0. The second-order valence-corrected chi connectivity index (χ2v) is 7.72. The number of rotatable bonds is 2. The minimum atomic E-state index is 0.161. The molecule has 1 aliphatic rings. The topological polar surface area (TPSA) is 47.3 Å². The average Bonchev–Trinajstić information content (AvgIpc) is 3.28. The first-order valence-electron chi connectivity index (χ1n) is 8.71. The molecule has 5 rings (SSSR count). The molecule has 0 bridgehead atoms. The minimum Gasteiger partial charge on any atom is -0.294 e. The Morgan fingerprint density at radius 3 is 2.73 bits per heavy atom. The number of hydrogen-bond acceptors (Lipinski definition) is 4. The Morgan fingerprint density at radius 2 is 1.96 bits per heavy atom. The van der Waals surface area contributed by atoms with E-state index in [0.29, 0.717) is 12.0 Å². The van der Waals surface area contributed by atoms with Gasteiger partial charge in [0.05, 0.1) is 17.0 Å². The van der Waals surface area contributed by atoms with Crippen molar-refractivity contribution in [2.75, 3.05) is 0 Å². The van der Waals surface area contributed by atoms with E-state index in [2.05, 4.69) is 28.7 Å². The number of ketones is 1. The molecule has 26 heavy (non-hydrogen) atoms. The van der Waals surface area contributed by atoms with Gasteiger partial charge in [-0.05, 0) is 30.4 Å². The van der Waals surface area contributed by atoms with Crippen molar-refractivity contribution in [3.8, 4) is 11.1 Å². The molecule has 5 heteroatoms. The SMILES string of the molecule is Cc1nn2cc3c(nc2c1-c1ccccc1)CC(c1cccs1)CC3=O. The Morgan fingerprint density at radius 1 is 1.12 bits per heavy atom. The van der Waals surface area contributed by atoms with E-state index in [9.17, 15) is 4.79 Å². The van der Waals surface area contributed by atoms with Crippen LogP contribution in [0.1, 0.15) is 39.0 Å². The van der Waals surface area contributed by atoms with Gasteiger partial charge in [0.25, 0.3) is 0 Å². The van der Waals surface area contributed by atoms with Crippen LogP contribution < -0.4 is 0 Å². The van der Waals surface area contributed by atoms with Crippen molar-refractivity contribution in [2.45, 2.75) is 25.7 Å². The van der Waals surface area contributed by atoms with Gasteiger partial charge in [0.15, 0.2) is 11.4 Å². The zero-order chi connectivity index (χ0) is 17.7. The lowest BCUT2D eigenvalue weighted by Crippen LogP contribution is -2.20. The predicted molar refractivity (Wildman–Crippen MR) is 103 cm³/mol. The zero-order valence-electron chi connectivity index (χ0n) is 14.3. The van der Waals surface area contributed by atoms with Crippen molar-refractivity contribution in [1.29, 1.82) is 0 Å². The van der Waals surface area contributed by atoms with Crippen LogP contribution >= 0.6 is 11.3 Å². The number of benzene rings is 1. The van der Waals surface area contributed by atoms with E-state index in [1.165, 1.54) is 4.88 Å². The van der Waals surface area contributed by atoms with Crippen molar-refractivity contribution in [3.63, 3.8) is 0 Å². The quantitative estimate of drug-likeness (QED) is 0.522. The van der Waals surface area contributed by atoms with Crippen LogP contribution in [0.15, 0.2) is 54.0 Å². The van der Waals surface area contributed by atoms with Crippen molar-refractivity contribution < 1.29 is 4.79 Å². The highest BCUT2D eigenvalue weighted by Gasteiger charge is 2.29. The third-order valence-electron chi connectivity index (χ3n) is 5.04. The van der Waals surface area contributed by atoms with Crippen LogP contribution in [0, 0.1) is 6.92 Å². The number of Topliss-reactive ketones (excluding diaryl/α,β-unsaturated/α-hetero) is 1. The Bertz CT molecular complexity index is 1110. The largest absolute Gasteiger partial charge is 0.294 e. The molecule has 3 aromatic heterocycles. The fourth-order valence-electron chi connectivity index (χ4n) is 3.81. The molecule has 0 aliphatic heterocycles. The summed E-state index contributed by atoms with van der Waals surface area (Å²) in [6.45, 7) is 1.99. The number of carbonyl (C=O) groups excluding carboxylic acids is 1. The van der Waals surface area contributed by atoms with Gasteiger partial charge in [0.1, 0.15) is 0 Å². The van der Waals surface area contributed by atoms with Crippen LogP contribution in [0.5, 0.6) is 0 Å². The second-order valence-electron chi connectivity index (χ2n) is 6.74. The highest BCUT2D eigenvalue weighted by molar-refractivity contribution is 7.10. The van der Waals surface area contributed by atoms with E-state index >= 15 is 0 Å². The fraction of sp³-hybridized carbons (Fsp3) is 0.190. The average molecular weight is 359 g/mol. The number of aryl methyl sites for hydroxylation is 1. The van der Waals surface area contributed by atoms with Gasteiger partial charge in [-0.15, -0.1) is 11.3 Å². The van der Waals surface area contributed by atoms with Crippen molar-refractivity contribution in [2.24, 2.45) is 0 Å². The second kappa shape index (κ2) is 5.88. The molecule has 4 nitrogen and oxygen atoms in total. The standard InChI is InChI=1S/C21H17N3OS/c1-13-20(14-6-3-2-4-7-14)21-22-17-10-15(19-8-5-9-26-19)11-18(25)16(17)12-24(21)23-13/h2-9,12,15H,10-11H2,1H3. The fourth-order valence-corrected chi connectivity index (χ4v) is 4.64. The zero-order valence-corrected chi connectivity index (χ0v) is 15.2. The van der Waals surface area contributed by atoms with Crippen LogP contribution in [0.2, 0.25) is 0 Å². The molecule has 0 amide bonds. The predicted octanol–water partition coefficient (Wildman–Crippen LogP) is 4.68. The Hall–Kier alpha value is -2.79. The Kier molecular flexibility index (Phi) is 3.50. The maximum absolute atomic E-state index is 12.7. The number of fused-ring (bicyclic) bond motifs is 2. The van der Waals surface area contributed by atoms with Crippen LogP contribution in [-0.2, 0) is 6.42 Å². The van der Waals surface area contributed by atoms with Gasteiger partial charge in [0.2, 0.25) is 0 Å². The lowest BCUT2D eigenvalue weighted by atomic mass is 9.85. The monoisotopic (exact) mass is 359 g/mol. The summed E-state index contributed by atoms with van der Waals surface area (Å²) in [4.78, 5) is 18.9. The number of carbonyl (C=O) groups is 1. The molecular formula is C21H17N3OS. The lowest BCUT2D eigenvalue weighted by Gasteiger charge is -2.22. The normalized spacial score (nSPS) is 16.8. The first kappa shape index (κ1) is 15.5. The number of nitrogens with zero attached hydrogens (tertiary/aromatic N) is 3. The third kappa shape index (κ3) is 2.39. The van der Waals surface area contributed by atoms with Crippen LogP contribution in [0.3, 0.4) is 0 Å². The van der Waals surface area contributed by atoms with E-state index < -0.39 is 0 Å². The number of thiophene rings is 1. The van der Waals surface area contributed by atoms with Crippen molar-refractivity contribution in [1.82, 2.24) is 14.6 Å². The van der Waals surface area contributed by atoms with Gasteiger partial charge < -0.3 is 0 Å². The van der Waals surface area contributed by atoms with Gasteiger partial charge >= 0.3 is 0 Å². The highest BCUT2D eigenvalue weighted by atomic mass is 32.1. The summed E-state index contributed by atoms with van der Waals surface area (Å²) < 4.78 is 1.76. The first-order valence-corrected chi connectivity index (χ1v) is 9.59. The van der Waals surface area contributed by atoms with Crippen LogP contribution in [-0.4, -0.2) is 20.4 Å². The van der Waals surface area contributed by atoms with Gasteiger partial charge in [-0.2, -0.15) is 5.10 Å². The van der Waals surface area contributed by atoms with E-state index in [1.54, 1.807) is 15.9 Å². The van der Waals surface area contributed by atoms with E-state index in [1.807, 2.05) is 37.4 Å².